The van der Waals surface area contributed by atoms with E-state index in [1.54, 1.807) is 0 Å². The Morgan fingerprint density at radius 3 is 1.60 bits per heavy atom. The molecule has 0 spiro atoms. The molecule has 0 atom stereocenters. The maximum Gasteiger partial charge on any atom is 0.334 e. The summed E-state index contributed by atoms with van der Waals surface area (Å²) in [5.41, 5.74) is -2.29. The van der Waals surface area contributed by atoms with E-state index in [-0.39, 0.29) is 13.2 Å². The maximum atomic E-state index is 11.3. The number of hydrogen-bond acceptors (Lipinski definition) is 5. The van der Waals surface area contributed by atoms with Crippen LogP contribution in [0.25, 0.3) is 0 Å². The molecule has 0 radical (unpaired) electrons. The van der Waals surface area contributed by atoms with Gasteiger partial charge < -0.3 is 14.6 Å². The lowest BCUT2D eigenvalue weighted by molar-refractivity contribution is -0.179. The van der Waals surface area contributed by atoms with Gasteiger partial charge in [-0.25, -0.2) is 0 Å². The molecule has 0 amide bonds. The Morgan fingerprint density at radius 2 is 1.40 bits per heavy atom. The molecule has 0 heterocycles. The summed E-state index contributed by atoms with van der Waals surface area (Å²) in [5.74, 6) is -3.81. The fourth-order valence-electron chi connectivity index (χ4n) is 0.809. The minimum absolute atomic E-state index is 0.00110. The second-order valence-corrected chi connectivity index (χ2v) is 2.87. The summed E-state index contributed by atoms with van der Waals surface area (Å²) in [7, 11) is 0. The van der Waals surface area contributed by atoms with E-state index in [9.17, 15) is 14.4 Å². The zero-order valence-corrected chi connectivity index (χ0v) is 8.90. The first kappa shape index (κ1) is 13.4. The predicted octanol–water partition coefficient (Wildman–Crippen LogP) is 0.204. The van der Waals surface area contributed by atoms with Gasteiger partial charge in [0.25, 0.3) is 5.41 Å². The molecule has 15 heavy (non-hydrogen) atoms. The van der Waals surface area contributed by atoms with Gasteiger partial charge in [-0.05, 0) is 20.8 Å². The Morgan fingerprint density at radius 1 is 1.07 bits per heavy atom. The zero-order chi connectivity index (χ0) is 12.1. The topological polar surface area (TPSA) is 89.9 Å². The van der Waals surface area contributed by atoms with Crippen LogP contribution in [-0.4, -0.2) is 36.2 Å². The van der Waals surface area contributed by atoms with Gasteiger partial charge >= 0.3 is 17.9 Å². The lowest BCUT2D eigenvalue weighted by Gasteiger charge is -2.19. The number of carbonyl (C=O) groups is 3. The number of carboxylic acid groups (broad SMARTS) is 1. The van der Waals surface area contributed by atoms with Gasteiger partial charge in [0, 0.05) is 0 Å². The molecule has 6 heteroatoms. The van der Waals surface area contributed by atoms with Crippen molar-refractivity contribution in [2.24, 2.45) is 5.41 Å². The van der Waals surface area contributed by atoms with Crippen LogP contribution in [0.15, 0.2) is 0 Å². The molecule has 0 fully saturated rings. The van der Waals surface area contributed by atoms with Crippen LogP contribution in [0.1, 0.15) is 20.8 Å². The van der Waals surface area contributed by atoms with Gasteiger partial charge in [-0.3, -0.25) is 14.4 Å². The molecule has 86 valence electrons. The van der Waals surface area contributed by atoms with Crippen LogP contribution in [0.3, 0.4) is 0 Å². The molecule has 6 nitrogen and oxygen atoms in total. The van der Waals surface area contributed by atoms with Crippen LogP contribution < -0.4 is 0 Å². The fraction of sp³-hybridized carbons (Fsp3) is 0.667. The van der Waals surface area contributed by atoms with Crippen molar-refractivity contribution in [1.29, 1.82) is 0 Å². The molecule has 0 saturated carbocycles. The predicted molar refractivity (Wildman–Crippen MR) is 49.0 cm³/mol. The lowest BCUT2D eigenvalue weighted by Crippen LogP contribution is -2.46. The summed E-state index contributed by atoms with van der Waals surface area (Å²) >= 11 is 0. The van der Waals surface area contributed by atoms with E-state index >= 15 is 0 Å². The van der Waals surface area contributed by atoms with E-state index < -0.39 is 23.3 Å². The van der Waals surface area contributed by atoms with Crippen LogP contribution >= 0.6 is 0 Å². The van der Waals surface area contributed by atoms with Gasteiger partial charge in [0.2, 0.25) is 0 Å². The fourth-order valence-corrected chi connectivity index (χ4v) is 0.809. The SMILES string of the molecule is CCOC(=O)C(C)(C(=O)O)C(=O)OCC. The molecule has 0 rings (SSSR count). The number of aliphatic carboxylic acids is 1. The van der Waals surface area contributed by atoms with Crippen molar-refractivity contribution >= 4 is 17.9 Å². The van der Waals surface area contributed by atoms with Gasteiger partial charge in [0.15, 0.2) is 0 Å². The zero-order valence-electron chi connectivity index (χ0n) is 8.90. The summed E-state index contributed by atoms with van der Waals surface area (Å²) in [6.07, 6.45) is 0. The van der Waals surface area contributed by atoms with Crippen LogP contribution in [0, 0.1) is 5.41 Å². The Balaban J connectivity index is 4.97. The molecule has 0 aromatic heterocycles. The van der Waals surface area contributed by atoms with Crippen molar-refractivity contribution < 1.29 is 29.0 Å². The third-order valence-electron chi connectivity index (χ3n) is 1.80. The number of hydrogen-bond donors (Lipinski definition) is 1. The third kappa shape index (κ3) is 2.68. The quantitative estimate of drug-likeness (QED) is 0.523. The number of carboxylic acids is 1. The molecule has 0 aromatic carbocycles. The van der Waals surface area contributed by atoms with Crippen molar-refractivity contribution in [1.82, 2.24) is 0 Å². The second-order valence-electron chi connectivity index (χ2n) is 2.87. The molecule has 1 N–H and O–H groups in total. The molecule has 0 aliphatic rings. The number of rotatable bonds is 5. The number of ether oxygens (including phenoxy) is 2. The highest BCUT2D eigenvalue weighted by molar-refractivity contribution is 6.16. The molecule has 0 saturated heterocycles. The van der Waals surface area contributed by atoms with Crippen molar-refractivity contribution in [2.75, 3.05) is 13.2 Å². The van der Waals surface area contributed by atoms with Crippen LogP contribution in [0.5, 0.6) is 0 Å². The Kier molecular flexibility index (Phi) is 4.77. The van der Waals surface area contributed by atoms with Crippen LogP contribution in [0.4, 0.5) is 0 Å². The summed E-state index contributed by atoms with van der Waals surface area (Å²) in [6, 6.07) is 0. The first-order valence-corrected chi connectivity index (χ1v) is 4.49. The van der Waals surface area contributed by atoms with Crippen molar-refractivity contribution in [3.63, 3.8) is 0 Å². The van der Waals surface area contributed by atoms with E-state index in [0.29, 0.717) is 0 Å². The van der Waals surface area contributed by atoms with E-state index in [4.69, 9.17) is 5.11 Å². The normalized spacial score (nSPS) is 10.6. The minimum Gasteiger partial charge on any atom is -0.480 e. The Hall–Kier alpha value is -1.59. The summed E-state index contributed by atoms with van der Waals surface area (Å²) in [5, 5.41) is 8.82. The number of esters is 2. The monoisotopic (exact) mass is 218 g/mol. The summed E-state index contributed by atoms with van der Waals surface area (Å²) < 4.78 is 9.03. The minimum atomic E-state index is -2.29. The van der Waals surface area contributed by atoms with Crippen molar-refractivity contribution in [3.05, 3.63) is 0 Å². The van der Waals surface area contributed by atoms with Gasteiger partial charge in [-0.1, -0.05) is 0 Å². The average Bonchev–Trinajstić information content (AvgIpc) is 2.16. The highest BCUT2D eigenvalue weighted by Crippen LogP contribution is 2.21. The van der Waals surface area contributed by atoms with Crippen molar-refractivity contribution in [2.45, 2.75) is 20.8 Å². The van der Waals surface area contributed by atoms with Gasteiger partial charge in [-0.15, -0.1) is 0 Å². The molecular weight excluding hydrogens is 204 g/mol. The highest BCUT2D eigenvalue weighted by atomic mass is 16.6. The van der Waals surface area contributed by atoms with E-state index in [2.05, 4.69) is 9.47 Å². The third-order valence-corrected chi connectivity index (χ3v) is 1.80. The van der Waals surface area contributed by atoms with Crippen LogP contribution in [0.2, 0.25) is 0 Å². The van der Waals surface area contributed by atoms with Crippen molar-refractivity contribution in [3.8, 4) is 0 Å². The molecular formula is C9H14O6. The first-order chi connectivity index (χ1) is 6.91. The smallest absolute Gasteiger partial charge is 0.334 e. The molecule has 0 aliphatic carbocycles. The molecule has 0 aliphatic heterocycles. The van der Waals surface area contributed by atoms with Crippen LogP contribution in [-0.2, 0) is 23.9 Å². The molecule has 0 aromatic rings. The Bertz CT molecular complexity index is 252. The summed E-state index contributed by atoms with van der Waals surface area (Å²) in [4.78, 5) is 33.5. The molecule has 0 unspecified atom stereocenters. The second kappa shape index (κ2) is 5.33. The molecule has 0 bridgehead atoms. The largest absolute Gasteiger partial charge is 0.480 e. The Labute approximate surface area is 87.2 Å². The van der Waals surface area contributed by atoms with Gasteiger partial charge in [0.05, 0.1) is 13.2 Å². The van der Waals surface area contributed by atoms with Gasteiger partial charge in [-0.2, -0.15) is 0 Å². The standard InChI is InChI=1S/C9H14O6/c1-4-14-7(12)9(3,6(10)11)8(13)15-5-2/h4-5H2,1-3H3,(H,10,11). The van der Waals surface area contributed by atoms with Gasteiger partial charge in [0.1, 0.15) is 0 Å². The maximum absolute atomic E-state index is 11.3. The average molecular weight is 218 g/mol. The van der Waals surface area contributed by atoms with E-state index in [0.717, 1.165) is 6.92 Å². The first-order valence-electron chi connectivity index (χ1n) is 4.49. The van der Waals surface area contributed by atoms with E-state index in [1.807, 2.05) is 0 Å². The summed E-state index contributed by atoms with van der Waals surface area (Å²) in [6.45, 7) is 4.00. The highest BCUT2D eigenvalue weighted by Gasteiger charge is 2.52. The van der Waals surface area contributed by atoms with E-state index in [1.165, 1.54) is 13.8 Å². The lowest BCUT2D eigenvalue weighted by atomic mass is 9.91. The number of carbonyl (C=O) groups excluding carboxylic acids is 2.